The fourth-order valence-corrected chi connectivity index (χ4v) is 1.97. The first-order chi connectivity index (χ1) is 11.3. The zero-order valence-electron chi connectivity index (χ0n) is 12.2. The highest BCUT2D eigenvalue weighted by molar-refractivity contribution is 6.45. The van der Waals surface area contributed by atoms with Gasteiger partial charge in [0.25, 0.3) is 0 Å². The van der Waals surface area contributed by atoms with Crippen molar-refractivity contribution in [3.8, 4) is 17.2 Å². The van der Waals surface area contributed by atoms with E-state index in [9.17, 15) is 13.2 Å². The van der Waals surface area contributed by atoms with Crippen LogP contribution in [0, 0.1) is 16.7 Å². The number of hydrogen-bond acceptors (Lipinski definition) is 4. The summed E-state index contributed by atoms with van der Waals surface area (Å²) in [4.78, 5) is 0. The van der Waals surface area contributed by atoms with E-state index in [1.54, 1.807) is 6.07 Å². The SMILES string of the molecule is N#C/C(=N\Nc1ccc(-c2ccccc2C(F)(F)F)cc1)C(=N)N. The van der Waals surface area contributed by atoms with Gasteiger partial charge in [-0.25, -0.2) is 0 Å². The van der Waals surface area contributed by atoms with Crippen molar-refractivity contribution >= 4 is 17.2 Å². The van der Waals surface area contributed by atoms with Crippen LogP contribution in [0.2, 0.25) is 0 Å². The summed E-state index contributed by atoms with van der Waals surface area (Å²) >= 11 is 0. The fourth-order valence-electron chi connectivity index (χ4n) is 1.97. The van der Waals surface area contributed by atoms with Crippen molar-refractivity contribution in [3.63, 3.8) is 0 Å². The first-order valence-electron chi connectivity index (χ1n) is 6.68. The third-order valence-electron chi connectivity index (χ3n) is 3.09. The molecule has 0 saturated carbocycles. The molecule has 2 aromatic carbocycles. The number of amidine groups is 1. The van der Waals surface area contributed by atoms with Gasteiger partial charge >= 0.3 is 6.18 Å². The van der Waals surface area contributed by atoms with Crippen molar-refractivity contribution in [1.29, 1.82) is 10.7 Å². The smallest absolute Gasteiger partial charge is 0.382 e. The number of nitrogens with one attached hydrogen (secondary N) is 2. The molecule has 5 nitrogen and oxygen atoms in total. The number of nitriles is 1. The Morgan fingerprint density at radius 1 is 1.12 bits per heavy atom. The van der Waals surface area contributed by atoms with E-state index in [4.69, 9.17) is 16.4 Å². The predicted molar refractivity (Wildman–Crippen MR) is 85.5 cm³/mol. The molecule has 0 amide bonds. The predicted octanol–water partition coefficient (Wildman–Crippen LogP) is 3.60. The van der Waals surface area contributed by atoms with E-state index in [1.807, 2.05) is 0 Å². The average Bonchev–Trinajstić information content (AvgIpc) is 2.55. The summed E-state index contributed by atoms with van der Waals surface area (Å²) in [7, 11) is 0. The molecule has 0 heterocycles. The minimum absolute atomic E-state index is 0.0708. The van der Waals surface area contributed by atoms with Crippen LogP contribution >= 0.6 is 0 Å². The maximum Gasteiger partial charge on any atom is 0.417 e. The van der Waals surface area contributed by atoms with Gasteiger partial charge in [0.1, 0.15) is 6.07 Å². The molecule has 2 rings (SSSR count). The zero-order chi connectivity index (χ0) is 17.7. The number of alkyl halides is 3. The van der Waals surface area contributed by atoms with Gasteiger partial charge in [0.2, 0.25) is 5.71 Å². The van der Waals surface area contributed by atoms with Gasteiger partial charge in [-0.2, -0.15) is 23.5 Å². The Bertz CT molecular complexity index is 817. The fraction of sp³-hybridized carbons (Fsp3) is 0.0625. The van der Waals surface area contributed by atoms with Gasteiger partial charge in [0.05, 0.1) is 11.3 Å². The zero-order valence-corrected chi connectivity index (χ0v) is 12.2. The summed E-state index contributed by atoms with van der Waals surface area (Å²) in [5.74, 6) is -0.485. The molecular weight excluding hydrogens is 319 g/mol. The van der Waals surface area contributed by atoms with Crippen LogP contribution in [0.25, 0.3) is 11.1 Å². The number of hydrazone groups is 1. The van der Waals surface area contributed by atoms with E-state index >= 15 is 0 Å². The summed E-state index contributed by atoms with van der Waals surface area (Å²) in [5.41, 5.74) is 7.58. The van der Waals surface area contributed by atoms with E-state index in [2.05, 4.69) is 10.5 Å². The second-order valence-corrected chi connectivity index (χ2v) is 4.72. The van der Waals surface area contributed by atoms with Crippen molar-refractivity contribution in [2.24, 2.45) is 10.8 Å². The first-order valence-corrected chi connectivity index (χ1v) is 6.68. The number of hydrogen-bond donors (Lipinski definition) is 3. The molecular formula is C16H12F3N5. The molecule has 4 N–H and O–H groups in total. The molecule has 0 fully saturated rings. The van der Waals surface area contributed by atoms with Gasteiger partial charge in [0.15, 0.2) is 5.84 Å². The standard InChI is InChI=1S/C16H12F3N5/c17-16(18,19)13-4-2-1-3-12(13)10-5-7-11(8-6-10)23-24-14(9-20)15(21)22/h1-8,23H,(H3,21,22)/b24-14+. The van der Waals surface area contributed by atoms with Crippen molar-refractivity contribution in [2.45, 2.75) is 6.18 Å². The minimum Gasteiger partial charge on any atom is -0.382 e. The lowest BCUT2D eigenvalue weighted by Gasteiger charge is -2.13. The van der Waals surface area contributed by atoms with Crippen LogP contribution in [0.4, 0.5) is 18.9 Å². The quantitative estimate of drug-likeness (QED) is 0.453. The Balaban J connectivity index is 2.29. The molecule has 0 saturated heterocycles. The lowest BCUT2D eigenvalue weighted by Crippen LogP contribution is -2.21. The Hall–Kier alpha value is -3.34. The molecule has 2 aromatic rings. The third-order valence-corrected chi connectivity index (χ3v) is 3.09. The van der Waals surface area contributed by atoms with E-state index in [0.29, 0.717) is 11.3 Å². The average molecular weight is 331 g/mol. The van der Waals surface area contributed by atoms with Crippen LogP contribution in [0.1, 0.15) is 5.56 Å². The van der Waals surface area contributed by atoms with Gasteiger partial charge in [-0.05, 0) is 29.3 Å². The molecule has 0 radical (unpaired) electrons. The van der Waals surface area contributed by atoms with Gasteiger partial charge in [-0.3, -0.25) is 10.8 Å². The van der Waals surface area contributed by atoms with Crippen LogP contribution in [-0.4, -0.2) is 11.5 Å². The first kappa shape index (κ1) is 17.0. The van der Waals surface area contributed by atoms with E-state index in [0.717, 1.165) is 6.07 Å². The second-order valence-electron chi connectivity index (χ2n) is 4.72. The number of halogens is 3. The Morgan fingerprint density at radius 2 is 1.75 bits per heavy atom. The number of benzene rings is 2. The summed E-state index contributed by atoms with van der Waals surface area (Å²) in [6.45, 7) is 0. The van der Waals surface area contributed by atoms with Crippen LogP contribution in [0.15, 0.2) is 53.6 Å². The molecule has 0 aliphatic heterocycles. The highest BCUT2D eigenvalue weighted by Gasteiger charge is 2.33. The second kappa shape index (κ2) is 6.83. The number of anilines is 1. The van der Waals surface area contributed by atoms with Crippen LogP contribution in [-0.2, 0) is 6.18 Å². The van der Waals surface area contributed by atoms with Gasteiger partial charge in [0, 0.05) is 0 Å². The Kier molecular flexibility index (Phi) is 4.84. The van der Waals surface area contributed by atoms with E-state index < -0.39 is 17.6 Å². The molecule has 0 aliphatic carbocycles. The lowest BCUT2D eigenvalue weighted by atomic mass is 9.99. The van der Waals surface area contributed by atoms with Gasteiger partial charge in [-0.15, -0.1) is 0 Å². The summed E-state index contributed by atoms with van der Waals surface area (Å²) < 4.78 is 39.1. The number of nitrogens with two attached hydrogens (primary N) is 1. The molecule has 0 atom stereocenters. The topological polar surface area (TPSA) is 98.0 Å². The highest BCUT2D eigenvalue weighted by atomic mass is 19.4. The van der Waals surface area contributed by atoms with Gasteiger partial charge in [-0.1, -0.05) is 30.3 Å². The maximum absolute atomic E-state index is 13.0. The molecule has 0 aromatic heterocycles. The van der Waals surface area contributed by atoms with Crippen LogP contribution in [0.3, 0.4) is 0 Å². The molecule has 122 valence electrons. The summed E-state index contributed by atoms with van der Waals surface area (Å²) in [6.07, 6.45) is -4.44. The van der Waals surface area contributed by atoms with Crippen LogP contribution < -0.4 is 11.2 Å². The largest absolute Gasteiger partial charge is 0.417 e. The molecule has 0 spiro atoms. The minimum atomic E-state index is -4.44. The molecule has 24 heavy (non-hydrogen) atoms. The Morgan fingerprint density at radius 3 is 2.29 bits per heavy atom. The van der Waals surface area contributed by atoms with E-state index in [-0.39, 0.29) is 11.3 Å². The number of nitrogens with zero attached hydrogens (tertiary/aromatic N) is 2. The van der Waals surface area contributed by atoms with E-state index in [1.165, 1.54) is 42.5 Å². The van der Waals surface area contributed by atoms with Crippen molar-refractivity contribution in [2.75, 3.05) is 5.43 Å². The normalized spacial score (nSPS) is 11.7. The third kappa shape index (κ3) is 3.89. The lowest BCUT2D eigenvalue weighted by molar-refractivity contribution is -0.137. The highest BCUT2D eigenvalue weighted by Crippen LogP contribution is 2.37. The number of rotatable bonds is 4. The molecule has 8 heteroatoms. The summed E-state index contributed by atoms with van der Waals surface area (Å²) in [5, 5.41) is 19.5. The summed E-state index contributed by atoms with van der Waals surface area (Å²) in [6, 6.07) is 13.0. The van der Waals surface area contributed by atoms with Crippen molar-refractivity contribution in [3.05, 3.63) is 54.1 Å². The maximum atomic E-state index is 13.0. The van der Waals surface area contributed by atoms with Crippen molar-refractivity contribution in [1.82, 2.24) is 0 Å². The van der Waals surface area contributed by atoms with Crippen LogP contribution in [0.5, 0.6) is 0 Å². The van der Waals surface area contributed by atoms with Crippen molar-refractivity contribution < 1.29 is 13.2 Å². The monoisotopic (exact) mass is 331 g/mol. The molecule has 0 bridgehead atoms. The Labute approximate surface area is 135 Å². The molecule has 0 unspecified atom stereocenters. The molecule has 0 aliphatic rings. The van der Waals surface area contributed by atoms with Gasteiger partial charge < -0.3 is 5.73 Å².